The summed E-state index contributed by atoms with van der Waals surface area (Å²) in [4.78, 5) is 27.6. The van der Waals surface area contributed by atoms with Crippen molar-refractivity contribution in [2.45, 2.75) is 64.7 Å². The molecule has 1 fully saturated rings. The van der Waals surface area contributed by atoms with Crippen LogP contribution < -0.4 is 10.6 Å². The van der Waals surface area contributed by atoms with Crippen molar-refractivity contribution in [2.24, 2.45) is 5.92 Å². The number of benzene rings is 3. The zero-order valence-corrected chi connectivity index (χ0v) is 27.5. The first-order valence-corrected chi connectivity index (χ1v) is 15.8. The van der Waals surface area contributed by atoms with Gasteiger partial charge in [0, 0.05) is 35.8 Å². The van der Waals surface area contributed by atoms with Gasteiger partial charge in [0.15, 0.2) is 0 Å². The van der Waals surface area contributed by atoms with Gasteiger partial charge in [0.25, 0.3) is 5.91 Å². The largest absolute Gasteiger partial charge is 0.416 e. The summed E-state index contributed by atoms with van der Waals surface area (Å²) in [6, 6.07) is 17.4. The van der Waals surface area contributed by atoms with Gasteiger partial charge in [0.05, 0.1) is 22.5 Å². The summed E-state index contributed by atoms with van der Waals surface area (Å²) in [6.45, 7) is 8.41. The molecule has 7 nitrogen and oxygen atoms in total. The van der Waals surface area contributed by atoms with Crippen LogP contribution in [0, 0.1) is 12.8 Å². The molecule has 2 heterocycles. The Labute approximate surface area is 280 Å². The molecular formula is C36H37F6N5O2. The maximum absolute atomic E-state index is 13.3. The smallest absolute Gasteiger partial charge is 0.339 e. The number of rotatable bonds is 6. The molecule has 0 bridgehead atoms. The van der Waals surface area contributed by atoms with Crippen LogP contribution in [0.5, 0.6) is 0 Å². The second-order valence-corrected chi connectivity index (χ2v) is 13.4. The Morgan fingerprint density at radius 3 is 1.98 bits per heavy atom. The Morgan fingerprint density at radius 1 is 0.816 bits per heavy atom. The van der Waals surface area contributed by atoms with E-state index in [1.807, 2.05) is 70.2 Å². The molecular weight excluding hydrogens is 648 g/mol. The highest BCUT2D eigenvalue weighted by molar-refractivity contribution is 6.00. The molecule has 1 aromatic heterocycles. The molecule has 0 unspecified atom stereocenters. The summed E-state index contributed by atoms with van der Waals surface area (Å²) >= 11 is 0. The third-order valence-electron chi connectivity index (χ3n) is 8.51. The number of piperidine rings is 1. The quantitative estimate of drug-likeness (QED) is 0.199. The highest BCUT2D eigenvalue weighted by Crippen LogP contribution is 2.37. The predicted molar refractivity (Wildman–Crippen MR) is 175 cm³/mol. The first kappa shape index (κ1) is 35.5. The Kier molecular flexibility index (Phi) is 9.85. The molecule has 0 radical (unpaired) electrons. The third-order valence-corrected chi connectivity index (χ3v) is 8.51. The first-order valence-electron chi connectivity index (χ1n) is 15.8. The van der Waals surface area contributed by atoms with E-state index in [9.17, 15) is 35.9 Å². The molecule has 1 aliphatic rings. The molecule has 13 heteroatoms. The van der Waals surface area contributed by atoms with Crippen molar-refractivity contribution in [3.05, 3.63) is 106 Å². The molecule has 2 N–H and O–H groups in total. The first-order chi connectivity index (χ1) is 22.9. The van der Waals surface area contributed by atoms with E-state index in [0.717, 1.165) is 22.5 Å². The fraction of sp³-hybridized carbons (Fsp3) is 0.361. The summed E-state index contributed by atoms with van der Waals surface area (Å²) in [6.07, 6.45) is -8.60. The summed E-state index contributed by atoms with van der Waals surface area (Å²) < 4.78 is 81.7. The number of hydrogen-bond acceptors (Lipinski definition) is 3. The summed E-state index contributed by atoms with van der Waals surface area (Å²) in [5.41, 5.74) is 0.123. The minimum Gasteiger partial charge on any atom is -0.339 e. The molecule has 4 aromatic rings. The lowest BCUT2D eigenvalue weighted by atomic mass is 9.89. The van der Waals surface area contributed by atoms with Gasteiger partial charge in [0.1, 0.15) is 5.82 Å². The van der Waals surface area contributed by atoms with Crippen LogP contribution in [0.1, 0.15) is 71.9 Å². The van der Waals surface area contributed by atoms with E-state index in [2.05, 4.69) is 10.6 Å². The normalized spacial score (nSPS) is 14.5. The van der Waals surface area contributed by atoms with Crippen LogP contribution in [0.3, 0.4) is 0 Å². The number of urea groups is 1. The van der Waals surface area contributed by atoms with E-state index < -0.39 is 41.0 Å². The molecule has 1 saturated heterocycles. The van der Waals surface area contributed by atoms with Crippen LogP contribution in [0.2, 0.25) is 0 Å². The van der Waals surface area contributed by atoms with Gasteiger partial charge < -0.3 is 10.2 Å². The molecule has 0 spiro atoms. The SMILES string of the molecule is Cc1ccc(-n2nc(C(C)(C)C)cc2NC(=O)Nc2ccccc2CC2CCN(C(=O)c3cc(C(F)(F)F)cc(C(F)(F)F)c3)CC2)cc1. The number of hydrogen-bond donors (Lipinski definition) is 2. The molecule has 0 aliphatic carbocycles. The van der Waals surface area contributed by atoms with Crippen LogP contribution >= 0.6 is 0 Å². The van der Waals surface area contributed by atoms with E-state index >= 15 is 0 Å². The second-order valence-electron chi connectivity index (χ2n) is 13.4. The number of amides is 3. The summed E-state index contributed by atoms with van der Waals surface area (Å²) in [7, 11) is 0. The lowest BCUT2D eigenvalue weighted by Gasteiger charge is -2.32. The monoisotopic (exact) mass is 685 g/mol. The van der Waals surface area contributed by atoms with Gasteiger partial charge in [-0.1, -0.05) is 56.7 Å². The minimum atomic E-state index is -5.04. The van der Waals surface area contributed by atoms with Gasteiger partial charge in [-0.15, -0.1) is 0 Å². The number of carbonyl (C=O) groups is 2. The number of nitrogens with zero attached hydrogens (tertiary/aromatic N) is 3. The molecule has 0 atom stereocenters. The van der Waals surface area contributed by atoms with Crippen molar-refractivity contribution in [2.75, 3.05) is 23.7 Å². The average Bonchev–Trinajstić information content (AvgIpc) is 3.45. The van der Waals surface area contributed by atoms with Crippen LogP contribution in [-0.4, -0.2) is 39.7 Å². The third kappa shape index (κ3) is 8.62. The highest BCUT2D eigenvalue weighted by atomic mass is 19.4. The Morgan fingerprint density at radius 2 is 1.41 bits per heavy atom. The molecule has 0 saturated carbocycles. The van der Waals surface area contributed by atoms with Crippen molar-refractivity contribution in [3.8, 4) is 5.69 Å². The number of halogens is 6. The van der Waals surface area contributed by atoms with Crippen LogP contribution in [0.25, 0.3) is 5.69 Å². The number of para-hydroxylation sites is 1. The number of anilines is 2. The second kappa shape index (κ2) is 13.6. The van der Waals surface area contributed by atoms with Crippen molar-refractivity contribution < 1.29 is 35.9 Å². The lowest BCUT2D eigenvalue weighted by Crippen LogP contribution is -2.39. The Hall–Kier alpha value is -4.81. The van der Waals surface area contributed by atoms with Crippen molar-refractivity contribution in [1.29, 1.82) is 0 Å². The van der Waals surface area contributed by atoms with Gasteiger partial charge in [-0.3, -0.25) is 10.1 Å². The fourth-order valence-corrected chi connectivity index (χ4v) is 5.72. The molecule has 5 rings (SSSR count). The van der Waals surface area contributed by atoms with Gasteiger partial charge in [-0.05, 0) is 74.1 Å². The fourth-order valence-electron chi connectivity index (χ4n) is 5.72. The lowest BCUT2D eigenvalue weighted by molar-refractivity contribution is -0.143. The van der Waals surface area contributed by atoms with Gasteiger partial charge in [0.2, 0.25) is 0 Å². The number of alkyl halides is 6. The topological polar surface area (TPSA) is 79.3 Å². The highest BCUT2D eigenvalue weighted by Gasteiger charge is 2.38. The summed E-state index contributed by atoms with van der Waals surface area (Å²) in [5, 5.41) is 10.6. The zero-order chi connectivity index (χ0) is 35.7. The Balaban J connectivity index is 1.25. The van der Waals surface area contributed by atoms with E-state index in [1.54, 1.807) is 16.8 Å². The van der Waals surface area contributed by atoms with E-state index in [1.165, 1.54) is 4.90 Å². The molecule has 260 valence electrons. The number of aryl methyl sites for hydroxylation is 1. The number of nitrogens with one attached hydrogen (secondary N) is 2. The molecule has 1 aliphatic heterocycles. The Bertz CT molecular complexity index is 1780. The van der Waals surface area contributed by atoms with Crippen LogP contribution in [-0.2, 0) is 24.2 Å². The van der Waals surface area contributed by atoms with Crippen molar-refractivity contribution in [3.63, 3.8) is 0 Å². The predicted octanol–water partition coefficient (Wildman–Crippen LogP) is 9.25. The maximum atomic E-state index is 13.3. The zero-order valence-electron chi connectivity index (χ0n) is 27.5. The van der Waals surface area contributed by atoms with E-state index in [0.29, 0.717) is 42.9 Å². The summed E-state index contributed by atoms with van der Waals surface area (Å²) in [5.74, 6) is -0.336. The van der Waals surface area contributed by atoms with Gasteiger partial charge in [-0.2, -0.15) is 31.4 Å². The van der Waals surface area contributed by atoms with Crippen LogP contribution in [0.15, 0.2) is 72.8 Å². The van der Waals surface area contributed by atoms with Gasteiger partial charge >= 0.3 is 18.4 Å². The number of aromatic nitrogens is 2. The average molecular weight is 686 g/mol. The van der Waals surface area contributed by atoms with Crippen molar-refractivity contribution >= 4 is 23.4 Å². The number of carbonyl (C=O) groups excluding carboxylic acids is 2. The van der Waals surface area contributed by atoms with Crippen LogP contribution in [0.4, 0.5) is 42.6 Å². The van der Waals surface area contributed by atoms with E-state index in [-0.39, 0.29) is 30.5 Å². The molecule has 3 aromatic carbocycles. The van der Waals surface area contributed by atoms with E-state index in [4.69, 9.17) is 5.10 Å². The maximum Gasteiger partial charge on any atom is 0.416 e. The molecule has 49 heavy (non-hydrogen) atoms. The van der Waals surface area contributed by atoms with Gasteiger partial charge in [-0.25, -0.2) is 9.48 Å². The van der Waals surface area contributed by atoms with Crippen molar-refractivity contribution in [1.82, 2.24) is 14.7 Å². The standard InChI is InChI=1S/C36H37F6N5O2/c1-22-9-11-28(12-10-22)47-31(21-30(45-47)34(2,3)4)44-33(49)43-29-8-6-5-7-24(29)17-23-13-15-46(16-14-23)32(48)25-18-26(35(37,38)39)20-27(19-25)36(40,41)42/h5-12,18-21,23H,13-17H2,1-4H3,(H2,43,44,49). The molecule has 3 amide bonds. The minimum absolute atomic E-state index is 0.0103. The number of likely N-dealkylation sites (tertiary alicyclic amines) is 1.